The van der Waals surface area contributed by atoms with Crippen molar-refractivity contribution in [1.82, 2.24) is 20.1 Å². The molecule has 1 fully saturated rings. The first-order valence-corrected chi connectivity index (χ1v) is 17.8. The third-order valence-corrected chi connectivity index (χ3v) is 8.36. The molecule has 0 spiro atoms. The van der Waals surface area contributed by atoms with Gasteiger partial charge in [-0.15, -0.1) is 0 Å². The van der Waals surface area contributed by atoms with Crippen molar-refractivity contribution >= 4 is 25.5 Å². The SMILES string of the molecule is CC.O=CO.[B]=C1C=C(C(F)(F)F)C(CCN2CCC(F)C2)=CN1C(CC(C)C)C(=O)NCc1cc(-c2c(C)cccc2C)cc(C#CC(C)C)n1. The van der Waals surface area contributed by atoms with Crippen LogP contribution in [0.2, 0.25) is 0 Å². The number of carbonyl (C=O) groups is 2. The summed E-state index contributed by atoms with van der Waals surface area (Å²) in [6.45, 7) is 16.8. The average Bonchev–Trinajstić information content (AvgIpc) is 3.50. The van der Waals surface area contributed by atoms with Crippen LogP contribution in [0, 0.1) is 37.5 Å². The van der Waals surface area contributed by atoms with Gasteiger partial charge in [-0.3, -0.25) is 4.79 Å². The van der Waals surface area contributed by atoms with Crippen molar-refractivity contribution in [3.8, 4) is 23.0 Å². The van der Waals surface area contributed by atoms with Crippen LogP contribution in [0.5, 0.6) is 0 Å². The fraction of sp³-hybridized carbons (Fsp3) is 0.500. The summed E-state index contributed by atoms with van der Waals surface area (Å²) in [6, 6.07) is 9.12. The Kier molecular flexibility index (Phi) is 17.5. The van der Waals surface area contributed by atoms with Crippen molar-refractivity contribution < 1.29 is 32.3 Å². The molecule has 1 aromatic carbocycles. The van der Waals surface area contributed by atoms with Crippen LogP contribution in [0.25, 0.3) is 11.1 Å². The van der Waals surface area contributed by atoms with E-state index in [1.165, 1.54) is 11.1 Å². The van der Waals surface area contributed by atoms with Gasteiger partial charge in [0.15, 0.2) is 0 Å². The molecule has 1 radical (unpaired) electrons. The normalized spacial score (nSPS) is 16.4. The third-order valence-electron chi connectivity index (χ3n) is 8.36. The number of likely N-dealkylation sites (tertiary alicyclic amines) is 1. The molecule has 0 aliphatic carbocycles. The first-order valence-electron chi connectivity index (χ1n) is 17.8. The number of carboxylic acid groups (broad SMARTS) is 1. The second kappa shape index (κ2) is 20.7. The molecule has 52 heavy (non-hydrogen) atoms. The van der Waals surface area contributed by atoms with Crippen molar-refractivity contribution in [2.24, 2.45) is 11.8 Å². The van der Waals surface area contributed by atoms with Crippen LogP contribution in [-0.2, 0) is 16.1 Å². The van der Waals surface area contributed by atoms with E-state index in [9.17, 15) is 22.4 Å². The van der Waals surface area contributed by atoms with Crippen LogP contribution in [0.1, 0.15) is 83.3 Å². The molecule has 12 heteroatoms. The summed E-state index contributed by atoms with van der Waals surface area (Å²) in [6.07, 6.45) is -2.57. The van der Waals surface area contributed by atoms with Crippen molar-refractivity contribution in [2.75, 3.05) is 19.6 Å². The molecule has 4 rings (SSSR count). The topological polar surface area (TPSA) is 85.8 Å². The summed E-state index contributed by atoms with van der Waals surface area (Å²) in [4.78, 5) is 30.2. The van der Waals surface area contributed by atoms with Gasteiger partial charge in [0.25, 0.3) is 6.47 Å². The molecule has 1 amide bonds. The molecule has 3 heterocycles. The zero-order chi connectivity index (χ0) is 39.2. The number of aryl methyl sites for hydroxylation is 2. The first-order chi connectivity index (χ1) is 24.5. The van der Waals surface area contributed by atoms with Crippen LogP contribution >= 0.6 is 0 Å². The van der Waals surface area contributed by atoms with E-state index in [4.69, 9.17) is 22.4 Å². The van der Waals surface area contributed by atoms with Crippen LogP contribution in [-0.4, -0.2) is 83.4 Å². The molecule has 0 saturated carbocycles. The molecule has 2 N–H and O–H groups in total. The van der Waals surface area contributed by atoms with Crippen LogP contribution in [0.4, 0.5) is 17.6 Å². The van der Waals surface area contributed by atoms with Gasteiger partial charge in [0.05, 0.1) is 0 Å². The number of rotatable bonds is 10. The van der Waals surface area contributed by atoms with Gasteiger partial charge in [-0.25, -0.2) is 0 Å². The number of hydrogen-bond donors (Lipinski definition) is 2. The number of alkyl halides is 4. The predicted octanol–water partition coefficient (Wildman–Crippen LogP) is 7.55. The molecule has 7 nitrogen and oxygen atoms in total. The fourth-order valence-electron chi connectivity index (χ4n) is 6.09. The number of benzene rings is 1. The van der Waals surface area contributed by atoms with E-state index < -0.39 is 24.0 Å². The van der Waals surface area contributed by atoms with Crippen LogP contribution < -0.4 is 5.32 Å². The molecular weight excluding hydrogens is 671 g/mol. The molecular formula is C40H52BF4N4O3. The van der Waals surface area contributed by atoms with Crippen molar-refractivity contribution in [1.29, 1.82) is 0 Å². The molecule has 2 aromatic rings. The third kappa shape index (κ3) is 13.1. The summed E-state index contributed by atoms with van der Waals surface area (Å²) in [5.74, 6) is 6.12. The van der Waals surface area contributed by atoms with E-state index in [-0.39, 0.29) is 61.4 Å². The molecule has 2 atom stereocenters. The van der Waals surface area contributed by atoms with Gasteiger partial charge in [0, 0.05) is 0 Å². The van der Waals surface area contributed by atoms with E-state index in [1.54, 1.807) is 0 Å². The molecule has 1 aromatic heterocycles. The summed E-state index contributed by atoms with van der Waals surface area (Å²) < 4.78 is 56.0. The maximum atomic E-state index is 14.1. The van der Waals surface area contributed by atoms with E-state index in [1.807, 2.05) is 90.6 Å². The first kappa shape index (κ1) is 43.9. The Bertz CT molecular complexity index is 1640. The molecule has 2 aliphatic rings. The summed E-state index contributed by atoms with van der Waals surface area (Å²) in [5.41, 5.74) is 4.44. The second-order valence-corrected chi connectivity index (χ2v) is 13.4. The predicted molar refractivity (Wildman–Crippen MR) is 201 cm³/mol. The van der Waals surface area contributed by atoms with E-state index >= 15 is 0 Å². The monoisotopic (exact) mass is 723 g/mol. The van der Waals surface area contributed by atoms with Gasteiger partial charge in [0.2, 0.25) is 0 Å². The zero-order valence-corrected chi connectivity index (χ0v) is 31.6. The number of pyridine rings is 1. The minimum atomic E-state index is -4.63. The number of halogens is 4. The number of carbonyl (C=O) groups excluding carboxylic acids is 1. The summed E-state index contributed by atoms with van der Waals surface area (Å²) in [5, 5.41) is 9.87. The maximum absolute atomic E-state index is 14.1. The van der Waals surface area contributed by atoms with Gasteiger partial charge in [-0.1, -0.05) is 33.8 Å². The summed E-state index contributed by atoms with van der Waals surface area (Å²) in [7, 11) is 6.23. The van der Waals surface area contributed by atoms with Crippen LogP contribution in [0.15, 0.2) is 53.8 Å². The zero-order valence-electron chi connectivity index (χ0n) is 31.6. The number of nitrogens with zero attached hydrogens (tertiary/aromatic N) is 3. The van der Waals surface area contributed by atoms with Gasteiger partial charge in [0.1, 0.15) is 0 Å². The van der Waals surface area contributed by atoms with E-state index in [0.717, 1.165) is 28.3 Å². The Morgan fingerprint density at radius 3 is 2.33 bits per heavy atom. The van der Waals surface area contributed by atoms with Gasteiger partial charge >= 0.3 is 258 Å². The standard InChI is InChI=1S/C37H44BF4N4O.C2H6.CH2O2/c1-23(2)10-11-30-17-28(35-25(5)8-7-9-26(35)6)18-31(44-30)20-43-36(47)33(16-24(3)4)46-21-27(12-14-45-15-13-29(39)22-45)32(19-34(46)38)37(40,41)42;1-2;2-1-3/h7-9,17-19,21,23-24,29,33H,12-16,20,22H2,1-6H3,(H,43,47);1-2H3;1H,(H,2,3). The second-order valence-electron chi connectivity index (χ2n) is 13.4. The Morgan fingerprint density at radius 2 is 1.79 bits per heavy atom. The quantitative estimate of drug-likeness (QED) is 0.114. The Hall–Kier alpha value is -4.24. The average molecular weight is 724 g/mol. The fourth-order valence-corrected chi connectivity index (χ4v) is 6.09. The molecule has 2 aliphatic heterocycles. The molecule has 281 valence electrons. The Labute approximate surface area is 307 Å². The van der Waals surface area contributed by atoms with E-state index in [2.05, 4.69) is 17.2 Å². The Balaban J connectivity index is 0.00000178. The number of amides is 1. The van der Waals surface area contributed by atoms with Crippen LogP contribution in [0.3, 0.4) is 0 Å². The molecule has 1 saturated heterocycles. The summed E-state index contributed by atoms with van der Waals surface area (Å²) >= 11 is 0. The van der Waals surface area contributed by atoms with Gasteiger partial charge in [-0.05, 0) is 0 Å². The van der Waals surface area contributed by atoms with Crippen molar-refractivity contribution in [3.05, 3.63) is 76.3 Å². The van der Waals surface area contributed by atoms with Crippen molar-refractivity contribution in [2.45, 2.75) is 99.6 Å². The Morgan fingerprint density at radius 1 is 1.15 bits per heavy atom. The number of hydrogen-bond acceptors (Lipinski definition) is 5. The number of allylic oxidation sites excluding steroid dienone is 1. The number of aromatic nitrogens is 1. The number of nitrogens with one attached hydrogen (secondary N) is 1. The van der Waals surface area contributed by atoms with Gasteiger partial charge in [-0.2, -0.15) is 0 Å². The molecule has 0 bridgehead atoms. The van der Waals surface area contributed by atoms with Crippen molar-refractivity contribution in [3.63, 3.8) is 0 Å². The van der Waals surface area contributed by atoms with Gasteiger partial charge < -0.3 is 5.11 Å². The molecule has 2 unspecified atom stereocenters. The van der Waals surface area contributed by atoms with E-state index in [0.29, 0.717) is 30.8 Å². The minimum absolute atomic E-state index is 0.0203.